The van der Waals surface area contributed by atoms with Gasteiger partial charge in [-0.05, 0) is 31.9 Å². The molecule has 0 radical (unpaired) electrons. The minimum atomic E-state index is 0.00676. The van der Waals surface area contributed by atoms with E-state index in [0.29, 0.717) is 5.76 Å². The molecule has 1 amide bonds. The molecule has 1 aliphatic rings. The maximum Gasteiger partial charge on any atom is 0.289 e. The predicted octanol–water partition coefficient (Wildman–Crippen LogP) is 2.70. The summed E-state index contributed by atoms with van der Waals surface area (Å²) in [4.78, 5) is 21.1. The molecule has 0 aromatic carbocycles. The Morgan fingerprint density at radius 2 is 2.18 bits per heavy atom. The Morgan fingerprint density at radius 3 is 2.86 bits per heavy atom. The molecule has 0 saturated carbocycles. The monoisotopic (exact) mass is 319 g/mol. The molecule has 1 saturated heterocycles. The number of rotatable bonds is 3. The van der Waals surface area contributed by atoms with Gasteiger partial charge >= 0.3 is 0 Å². The number of aryl methyl sites for hydroxylation is 2. The maximum atomic E-state index is 12.5. The highest BCUT2D eigenvalue weighted by atomic mass is 32.1. The molecule has 2 aromatic rings. The number of hydrogen-bond acceptors (Lipinski definition) is 5. The zero-order chi connectivity index (χ0) is 15.5. The summed E-state index contributed by atoms with van der Waals surface area (Å²) in [6, 6.07) is 1.84. The van der Waals surface area contributed by atoms with Crippen molar-refractivity contribution in [1.29, 1.82) is 0 Å². The first-order valence-corrected chi connectivity index (χ1v) is 8.48. The molecule has 0 N–H and O–H groups in total. The zero-order valence-corrected chi connectivity index (χ0v) is 13.9. The summed E-state index contributed by atoms with van der Waals surface area (Å²) in [7, 11) is 0. The normalized spacial score (nSPS) is 16.7. The van der Waals surface area contributed by atoms with Crippen LogP contribution in [0, 0.1) is 13.8 Å². The lowest BCUT2D eigenvalue weighted by atomic mass is 10.2. The zero-order valence-electron chi connectivity index (χ0n) is 13.0. The van der Waals surface area contributed by atoms with Crippen molar-refractivity contribution in [2.24, 2.45) is 0 Å². The Balaban J connectivity index is 1.61. The molecule has 0 spiro atoms. The first kappa shape index (κ1) is 15.2. The SMILES string of the molecule is Cc1cc(C(=O)N2CCCN(Cc3nccs3)CC2)oc1C. The average Bonchev–Trinajstić information content (AvgIpc) is 3.04. The van der Waals surface area contributed by atoms with Crippen LogP contribution in [-0.2, 0) is 6.54 Å². The number of hydrogen-bond donors (Lipinski definition) is 0. The van der Waals surface area contributed by atoms with Crippen LogP contribution in [-0.4, -0.2) is 46.9 Å². The summed E-state index contributed by atoms with van der Waals surface area (Å²) in [6.45, 7) is 8.13. The van der Waals surface area contributed by atoms with Crippen LogP contribution in [0.15, 0.2) is 22.1 Å². The highest BCUT2D eigenvalue weighted by Crippen LogP contribution is 2.17. The predicted molar refractivity (Wildman–Crippen MR) is 86.1 cm³/mol. The van der Waals surface area contributed by atoms with E-state index >= 15 is 0 Å². The van der Waals surface area contributed by atoms with Gasteiger partial charge in [-0.1, -0.05) is 0 Å². The van der Waals surface area contributed by atoms with Gasteiger partial charge in [0.2, 0.25) is 0 Å². The van der Waals surface area contributed by atoms with Crippen LogP contribution in [0.25, 0.3) is 0 Å². The molecule has 3 rings (SSSR count). The molecular formula is C16H21N3O2S. The molecule has 0 bridgehead atoms. The van der Waals surface area contributed by atoms with E-state index in [9.17, 15) is 4.79 Å². The largest absolute Gasteiger partial charge is 0.456 e. The molecule has 0 atom stereocenters. The van der Waals surface area contributed by atoms with E-state index in [1.165, 1.54) is 0 Å². The van der Waals surface area contributed by atoms with Crippen molar-refractivity contribution in [3.8, 4) is 0 Å². The first-order valence-electron chi connectivity index (χ1n) is 7.60. The Morgan fingerprint density at radius 1 is 1.32 bits per heavy atom. The van der Waals surface area contributed by atoms with Crippen LogP contribution in [0.5, 0.6) is 0 Å². The van der Waals surface area contributed by atoms with Gasteiger partial charge in [0, 0.05) is 37.8 Å². The van der Waals surface area contributed by atoms with Gasteiger partial charge in [-0.15, -0.1) is 11.3 Å². The second-order valence-electron chi connectivity index (χ2n) is 5.70. The van der Waals surface area contributed by atoms with E-state index in [-0.39, 0.29) is 5.91 Å². The number of aromatic nitrogens is 1. The van der Waals surface area contributed by atoms with Crippen LogP contribution >= 0.6 is 11.3 Å². The third kappa shape index (κ3) is 3.39. The Kier molecular flexibility index (Phi) is 4.59. The number of amides is 1. The van der Waals surface area contributed by atoms with Crippen molar-refractivity contribution in [3.63, 3.8) is 0 Å². The fourth-order valence-electron chi connectivity index (χ4n) is 2.69. The summed E-state index contributed by atoms with van der Waals surface area (Å²) in [5.74, 6) is 1.29. The van der Waals surface area contributed by atoms with Crippen molar-refractivity contribution in [3.05, 3.63) is 39.7 Å². The molecule has 6 heteroatoms. The average molecular weight is 319 g/mol. The Labute approximate surface area is 134 Å². The first-order chi connectivity index (χ1) is 10.6. The van der Waals surface area contributed by atoms with Gasteiger partial charge in [-0.25, -0.2) is 4.98 Å². The summed E-state index contributed by atoms with van der Waals surface area (Å²) in [5, 5.41) is 3.14. The lowest BCUT2D eigenvalue weighted by Gasteiger charge is -2.20. The van der Waals surface area contributed by atoms with E-state index in [2.05, 4.69) is 9.88 Å². The summed E-state index contributed by atoms with van der Waals surface area (Å²) in [6.07, 6.45) is 2.82. The smallest absolute Gasteiger partial charge is 0.289 e. The third-order valence-corrected chi connectivity index (χ3v) is 4.86. The quantitative estimate of drug-likeness (QED) is 0.873. The van der Waals surface area contributed by atoms with Gasteiger partial charge in [0.15, 0.2) is 5.76 Å². The van der Waals surface area contributed by atoms with Crippen LogP contribution in [0.1, 0.15) is 33.3 Å². The Hall–Kier alpha value is -1.66. The van der Waals surface area contributed by atoms with E-state index < -0.39 is 0 Å². The standard InChI is InChI=1S/C16H21N3O2S/c1-12-10-14(21-13(12)2)16(20)19-6-3-5-18(7-8-19)11-15-17-4-9-22-15/h4,9-10H,3,5-8,11H2,1-2H3. The van der Waals surface area contributed by atoms with Crippen LogP contribution < -0.4 is 0 Å². The highest BCUT2D eigenvalue weighted by Gasteiger charge is 2.23. The molecular weight excluding hydrogens is 298 g/mol. The molecule has 118 valence electrons. The Bertz CT molecular complexity index is 616. The van der Waals surface area contributed by atoms with Crippen molar-refractivity contribution in [2.75, 3.05) is 26.2 Å². The molecule has 3 heterocycles. The van der Waals surface area contributed by atoms with E-state index in [1.807, 2.05) is 36.4 Å². The maximum absolute atomic E-state index is 12.5. The van der Waals surface area contributed by atoms with E-state index in [4.69, 9.17) is 4.42 Å². The molecule has 0 aliphatic carbocycles. The van der Waals surface area contributed by atoms with Gasteiger partial charge in [-0.3, -0.25) is 9.69 Å². The number of thiazole rings is 1. The van der Waals surface area contributed by atoms with Crippen molar-refractivity contribution in [2.45, 2.75) is 26.8 Å². The minimum absolute atomic E-state index is 0.00676. The fourth-order valence-corrected chi connectivity index (χ4v) is 3.35. The van der Waals surface area contributed by atoms with Crippen LogP contribution in [0.3, 0.4) is 0 Å². The van der Waals surface area contributed by atoms with E-state index in [1.54, 1.807) is 11.3 Å². The lowest BCUT2D eigenvalue weighted by molar-refractivity contribution is 0.0728. The second-order valence-corrected chi connectivity index (χ2v) is 6.68. The molecule has 1 aliphatic heterocycles. The molecule has 0 unspecified atom stereocenters. The van der Waals surface area contributed by atoms with Gasteiger partial charge in [0.1, 0.15) is 10.8 Å². The molecule has 2 aromatic heterocycles. The topological polar surface area (TPSA) is 49.6 Å². The summed E-state index contributed by atoms with van der Waals surface area (Å²) in [5.41, 5.74) is 1.03. The molecule has 5 nitrogen and oxygen atoms in total. The van der Waals surface area contributed by atoms with Gasteiger partial charge < -0.3 is 9.32 Å². The van der Waals surface area contributed by atoms with Gasteiger partial charge in [0.05, 0.1) is 6.54 Å². The number of carbonyl (C=O) groups is 1. The number of nitrogens with zero attached hydrogens (tertiary/aromatic N) is 3. The highest BCUT2D eigenvalue weighted by molar-refractivity contribution is 7.09. The second kappa shape index (κ2) is 6.62. The summed E-state index contributed by atoms with van der Waals surface area (Å²) >= 11 is 1.68. The fraction of sp³-hybridized carbons (Fsp3) is 0.500. The van der Waals surface area contributed by atoms with Crippen molar-refractivity contribution >= 4 is 17.2 Å². The summed E-state index contributed by atoms with van der Waals surface area (Å²) < 4.78 is 5.57. The third-order valence-electron chi connectivity index (χ3n) is 4.09. The van der Waals surface area contributed by atoms with Gasteiger partial charge in [-0.2, -0.15) is 0 Å². The lowest BCUT2D eigenvalue weighted by Crippen LogP contribution is -2.34. The van der Waals surface area contributed by atoms with E-state index in [0.717, 1.165) is 55.5 Å². The number of furan rings is 1. The number of carbonyl (C=O) groups excluding carboxylic acids is 1. The van der Waals surface area contributed by atoms with Crippen molar-refractivity contribution < 1.29 is 9.21 Å². The van der Waals surface area contributed by atoms with Gasteiger partial charge in [0.25, 0.3) is 5.91 Å². The van der Waals surface area contributed by atoms with Crippen molar-refractivity contribution in [1.82, 2.24) is 14.8 Å². The minimum Gasteiger partial charge on any atom is -0.456 e. The van der Waals surface area contributed by atoms with Crippen LogP contribution in [0.4, 0.5) is 0 Å². The van der Waals surface area contributed by atoms with Crippen LogP contribution in [0.2, 0.25) is 0 Å². The molecule has 22 heavy (non-hydrogen) atoms. The molecule has 1 fully saturated rings.